The Labute approximate surface area is 137 Å². The third kappa shape index (κ3) is 3.49. The number of amides is 3. The second-order valence-electron chi connectivity index (χ2n) is 4.88. The average molecular weight is 325 g/mol. The predicted octanol–water partition coefficient (Wildman–Crippen LogP) is 3.90. The smallest absolute Gasteiger partial charge is 0.318 e. The van der Waals surface area contributed by atoms with Gasteiger partial charge in [0, 0.05) is 23.1 Å². The molecular formula is C17H15N3O2S. The molecule has 0 bridgehead atoms. The molecule has 0 fully saturated rings. The Balaban J connectivity index is 1.71. The summed E-state index contributed by atoms with van der Waals surface area (Å²) in [6, 6.07) is 16.5. The van der Waals surface area contributed by atoms with Gasteiger partial charge >= 0.3 is 6.03 Å². The number of rotatable bonds is 3. The topological polar surface area (TPSA) is 70.2 Å². The van der Waals surface area contributed by atoms with E-state index in [1.54, 1.807) is 31.3 Å². The van der Waals surface area contributed by atoms with Crippen LogP contribution in [-0.2, 0) is 0 Å². The summed E-state index contributed by atoms with van der Waals surface area (Å²) in [6.45, 7) is 0. The average Bonchev–Trinajstić information content (AvgIpc) is 3.00. The van der Waals surface area contributed by atoms with Gasteiger partial charge in [-0.3, -0.25) is 4.79 Å². The van der Waals surface area contributed by atoms with E-state index in [2.05, 4.69) is 16.0 Å². The molecule has 3 rings (SSSR count). The van der Waals surface area contributed by atoms with Crippen LogP contribution in [0.1, 0.15) is 9.67 Å². The zero-order chi connectivity index (χ0) is 16.2. The molecule has 6 heteroatoms. The fourth-order valence-electron chi connectivity index (χ4n) is 2.12. The third-order valence-electron chi connectivity index (χ3n) is 3.28. The van der Waals surface area contributed by atoms with Crippen LogP contribution in [-0.4, -0.2) is 19.0 Å². The van der Waals surface area contributed by atoms with E-state index in [-0.39, 0.29) is 11.9 Å². The van der Waals surface area contributed by atoms with Gasteiger partial charge in [-0.1, -0.05) is 18.2 Å². The summed E-state index contributed by atoms with van der Waals surface area (Å²) in [4.78, 5) is 24.2. The Morgan fingerprint density at radius 3 is 2.22 bits per heavy atom. The van der Waals surface area contributed by atoms with Crippen molar-refractivity contribution < 1.29 is 9.59 Å². The van der Waals surface area contributed by atoms with Crippen LogP contribution in [0.5, 0.6) is 0 Å². The van der Waals surface area contributed by atoms with Gasteiger partial charge in [-0.2, -0.15) is 0 Å². The minimum atomic E-state index is -0.285. The van der Waals surface area contributed by atoms with Gasteiger partial charge in [0.1, 0.15) is 0 Å². The van der Waals surface area contributed by atoms with Crippen molar-refractivity contribution in [1.29, 1.82) is 0 Å². The summed E-state index contributed by atoms with van der Waals surface area (Å²) in [5.74, 6) is -0.141. The fourth-order valence-corrected chi connectivity index (χ4v) is 3.07. The third-order valence-corrected chi connectivity index (χ3v) is 4.39. The maximum Gasteiger partial charge on any atom is 0.318 e. The van der Waals surface area contributed by atoms with Crippen LogP contribution in [0.25, 0.3) is 10.1 Å². The largest absolute Gasteiger partial charge is 0.341 e. The molecule has 116 valence electrons. The number of anilines is 2. The molecule has 2 aromatic carbocycles. The molecule has 1 aromatic heterocycles. The van der Waals surface area contributed by atoms with Crippen molar-refractivity contribution in [1.82, 2.24) is 5.32 Å². The first-order chi connectivity index (χ1) is 11.2. The molecule has 0 atom stereocenters. The van der Waals surface area contributed by atoms with Crippen LogP contribution in [0, 0.1) is 0 Å². The highest BCUT2D eigenvalue weighted by molar-refractivity contribution is 7.20. The molecule has 3 amide bonds. The minimum absolute atomic E-state index is 0.141. The molecule has 3 N–H and O–H groups in total. The lowest BCUT2D eigenvalue weighted by molar-refractivity contribution is 0.103. The van der Waals surface area contributed by atoms with E-state index in [4.69, 9.17) is 0 Å². The van der Waals surface area contributed by atoms with E-state index in [0.717, 1.165) is 10.1 Å². The minimum Gasteiger partial charge on any atom is -0.341 e. The zero-order valence-electron chi connectivity index (χ0n) is 12.4. The fraction of sp³-hybridized carbons (Fsp3) is 0.0588. The van der Waals surface area contributed by atoms with Gasteiger partial charge in [0.15, 0.2) is 0 Å². The number of nitrogens with one attached hydrogen (secondary N) is 3. The van der Waals surface area contributed by atoms with E-state index in [0.29, 0.717) is 16.3 Å². The van der Waals surface area contributed by atoms with Crippen LogP contribution in [0.3, 0.4) is 0 Å². The molecule has 1 heterocycles. The normalized spacial score (nSPS) is 10.3. The summed E-state index contributed by atoms with van der Waals surface area (Å²) in [5.41, 5.74) is 1.33. The number of hydrogen-bond donors (Lipinski definition) is 3. The van der Waals surface area contributed by atoms with E-state index >= 15 is 0 Å². The van der Waals surface area contributed by atoms with Crippen LogP contribution < -0.4 is 16.0 Å². The van der Waals surface area contributed by atoms with Crippen LogP contribution in [0.2, 0.25) is 0 Å². The van der Waals surface area contributed by atoms with E-state index in [9.17, 15) is 9.59 Å². The highest BCUT2D eigenvalue weighted by Crippen LogP contribution is 2.26. The first kappa shape index (κ1) is 15.1. The highest BCUT2D eigenvalue weighted by atomic mass is 32.1. The second kappa shape index (κ2) is 6.50. The summed E-state index contributed by atoms with van der Waals surface area (Å²) < 4.78 is 1.09. The lowest BCUT2D eigenvalue weighted by atomic mass is 10.2. The number of urea groups is 1. The van der Waals surface area contributed by atoms with Gasteiger partial charge in [0.25, 0.3) is 5.91 Å². The summed E-state index contributed by atoms with van der Waals surface area (Å²) >= 11 is 1.46. The molecule has 5 nitrogen and oxygen atoms in total. The molecule has 0 aliphatic heterocycles. The number of hydrogen-bond acceptors (Lipinski definition) is 3. The van der Waals surface area contributed by atoms with Gasteiger partial charge in [-0.15, -0.1) is 11.3 Å². The van der Waals surface area contributed by atoms with Crippen molar-refractivity contribution in [2.45, 2.75) is 0 Å². The summed E-state index contributed by atoms with van der Waals surface area (Å²) in [6.07, 6.45) is 0. The lowest BCUT2D eigenvalue weighted by Gasteiger charge is -2.06. The SMILES string of the molecule is CNC(=O)Nc1ccc(NC(=O)c2cc3ccccc3s2)cc1. The standard InChI is InChI=1S/C17H15N3O2S/c1-18-17(22)20-13-8-6-12(7-9-13)19-16(21)15-10-11-4-2-3-5-14(11)23-15/h2-10H,1H3,(H,19,21)(H2,18,20,22). The van der Waals surface area contributed by atoms with Crippen molar-refractivity contribution in [3.8, 4) is 0 Å². The molecule has 0 radical (unpaired) electrons. The maximum absolute atomic E-state index is 12.3. The van der Waals surface area contributed by atoms with Crippen molar-refractivity contribution in [2.24, 2.45) is 0 Å². The number of carbonyl (C=O) groups is 2. The van der Waals surface area contributed by atoms with Crippen molar-refractivity contribution >= 4 is 44.7 Å². The second-order valence-corrected chi connectivity index (χ2v) is 5.97. The number of benzene rings is 2. The molecule has 0 spiro atoms. The van der Waals surface area contributed by atoms with Crippen molar-refractivity contribution in [3.05, 3.63) is 59.5 Å². The van der Waals surface area contributed by atoms with Crippen molar-refractivity contribution in [2.75, 3.05) is 17.7 Å². The number of fused-ring (bicyclic) bond motifs is 1. The molecular weight excluding hydrogens is 310 g/mol. The molecule has 0 aliphatic rings. The van der Waals surface area contributed by atoms with Gasteiger partial charge in [-0.05, 0) is 41.8 Å². The zero-order valence-corrected chi connectivity index (χ0v) is 13.2. The molecule has 3 aromatic rings. The first-order valence-corrected chi connectivity index (χ1v) is 7.86. The van der Waals surface area contributed by atoms with Crippen LogP contribution in [0.4, 0.5) is 16.2 Å². The molecule has 0 saturated heterocycles. The summed E-state index contributed by atoms with van der Waals surface area (Å²) in [5, 5.41) is 9.06. The van der Waals surface area contributed by atoms with E-state index in [1.165, 1.54) is 11.3 Å². The molecule has 23 heavy (non-hydrogen) atoms. The monoisotopic (exact) mass is 325 g/mol. The Morgan fingerprint density at radius 1 is 0.913 bits per heavy atom. The van der Waals surface area contributed by atoms with Crippen molar-refractivity contribution in [3.63, 3.8) is 0 Å². The van der Waals surface area contributed by atoms with Gasteiger partial charge in [0.05, 0.1) is 4.88 Å². The quantitative estimate of drug-likeness (QED) is 0.683. The molecule has 0 aliphatic carbocycles. The van der Waals surface area contributed by atoms with Crippen LogP contribution >= 0.6 is 11.3 Å². The van der Waals surface area contributed by atoms with Gasteiger partial charge in [-0.25, -0.2) is 4.79 Å². The highest BCUT2D eigenvalue weighted by Gasteiger charge is 2.10. The Morgan fingerprint density at radius 2 is 1.57 bits per heavy atom. The first-order valence-electron chi connectivity index (χ1n) is 7.04. The Bertz CT molecular complexity index is 823. The predicted molar refractivity (Wildman–Crippen MR) is 94.3 cm³/mol. The van der Waals surface area contributed by atoms with Gasteiger partial charge in [0.2, 0.25) is 0 Å². The Hall–Kier alpha value is -2.86. The summed E-state index contributed by atoms with van der Waals surface area (Å²) in [7, 11) is 1.55. The maximum atomic E-state index is 12.3. The lowest BCUT2D eigenvalue weighted by Crippen LogP contribution is -2.24. The van der Waals surface area contributed by atoms with Crippen LogP contribution in [0.15, 0.2) is 54.6 Å². The number of carbonyl (C=O) groups excluding carboxylic acids is 2. The number of thiophene rings is 1. The van der Waals surface area contributed by atoms with E-state index < -0.39 is 0 Å². The van der Waals surface area contributed by atoms with Gasteiger partial charge < -0.3 is 16.0 Å². The van der Waals surface area contributed by atoms with E-state index in [1.807, 2.05) is 30.3 Å². The molecule has 0 unspecified atom stereocenters. The Kier molecular flexibility index (Phi) is 4.25. The molecule has 0 saturated carbocycles.